The molecule has 3 rings (SSSR count). The zero-order chi connectivity index (χ0) is 20.7. The third-order valence-electron chi connectivity index (χ3n) is 9.10. The average Bonchev–Trinajstić information content (AvgIpc) is 2.78. The molecule has 1 heterocycles. The van der Waals surface area contributed by atoms with Crippen LogP contribution in [0.3, 0.4) is 0 Å². The molecule has 3 heteroatoms. The maximum absolute atomic E-state index is 11.7. The van der Waals surface area contributed by atoms with Gasteiger partial charge in [0.2, 0.25) is 0 Å². The zero-order valence-electron chi connectivity index (χ0n) is 19.3. The molecule has 3 nitrogen and oxygen atoms in total. The van der Waals surface area contributed by atoms with Gasteiger partial charge in [0.1, 0.15) is 6.61 Å². The second kappa shape index (κ2) is 11.3. The molecular weight excluding hydrogens is 358 g/mol. The van der Waals surface area contributed by atoms with Gasteiger partial charge in [0, 0.05) is 12.5 Å². The second-order valence-corrected chi connectivity index (χ2v) is 11.0. The van der Waals surface area contributed by atoms with Gasteiger partial charge in [-0.3, -0.25) is 4.79 Å². The van der Waals surface area contributed by atoms with Crippen molar-refractivity contribution in [3.8, 4) is 0 Å². The van der Waals surface area contributed by atoms with Gasteiger partial charge in [-0.1, -0.05) is 52.4 Å². The largest absolute Gasteiger partial charge is 0.389 e. The summed E-state index contributed by atoms with van der Waals surface area (Å²) in [5.74, 6) is 2.43. The van der Waals surface area contributed by atoms with Crippen molar-refractivity contribution in [1.29, 1.82) is 0 Å². The minimum absolute atomic E-state index is 0.0389. The summed E-state index contributed by atoms with van der Waals surface area (Å²) in [5, 5.41) is 9.13. The van der Waals surface area contributed by atoms with E-state index in [-0.39, 0.29) is 12.4 Å². The van der Waals surface area contributed by atoms with E-state index in [2.05, 4.69) is 18.7 Å². The molecule has 2 aliphatic carbocycles. The fraction of sp³-hybridized carbons (Fsp3) is 0.962. The first-order chi connectivity index (χ1) is 14.0. The summed E-state index contributed by atoms with van der Waals surface area (Å²) >= 11 is 0. The van der Waals surface area contributed by atoms with Crippen molar-refractivity contribution < 1.29 is 9.90 Å². The number of Topliss-reactive ketones (excluding diaryl/α,β-unsaturated/α-hetero) is 1. The highest BCUT2D eigenvalue weighted by atomic mass is 16.3. The number of rotatable bonds is 9. The standard InChI is InChI=1S/C26H47NO2/c1-3-26(2)15-11-24(12-16-26)27-17-13-21(14-18-27)19-23(9-10-25(29)20-28)22-7-5-4-6-8-22/h21-24,28H,3-20H2,1-2H3. The van der Waals surface area contributed by atoms with Gasteiger partial charge in [-0.25, -0.2) is 0 Å². The summed E-state index contributed by atoms with van der Waals surface area (Å²) in [7, 11) is 0. The molecule has 1 saturated heterocycles. The molecule has 0 aromatic heterocycles. The molecular formula is C26H47NO2. The van der Waals surface area contributed by atoms with Crippen molar-refractivity contribution in [3.05, 3.63) is 0 Å². The highest BCUT2D eigenvalue weighted by molar-refractivity contribution is 5.79. The van der Waals surface area contributed by atoms with Crippen LogP contribution in [0.25, 0.3) is 0 Å². The summed E-state index contributed by atoms with van der Waals surface area (Å²) in [6.45, 7) is 7.18. The number of piperidine rings is 1. The van der Waals surface area contributed by atoms with Crippen LogP contribution in [0.2, 0.25) is 0 Å². The van der Waals surface area contributed by atoms with Crippen LogP contribution in [0.4, 0.5) is 0 Å². The predicted molar refractivity (Wildman–Crippen MR) is 121 cm³/mol. The SMILES string of the molecule is CCC1(C)CCC(N2CCC(CC(CCC(=O)CO)C3CCCCC3)CC2)CC1. The van der Waals surface area contributed by atoms with Crippen molar-refractivity contribution in [2.45, 2.75) is 116 Å². The number of likely N-dealkylation sites (tertiary alicyclic amines) is 1. The lowest BCUT2D eigenvalue weighted by Gasteiger charge is -2.44. The van der Waals surface area contributed by atoms with Crippen LogP contribution in [0.15, 0.2) is 0 Å². The first-order valence-electron chi connectivity index (χ1n) is 12.9. The second-order valence-electron chi connectivity index (χ2n) is 11.0. The van der Waals surface area contributed by atoms with Gasteiger partial charge in [0.15, 0.2) is 5.78 Å². The van der Waals surface area contributed by atoms with E-state index in [1.165, 1.54) is 96.6 Å². The fourth-order valence-corrected chi connectivity index (χ4v) is 6.58. The quantitative estimate of drug-likeness (QED) is 0.512. The van der Waals surface area contributed by atoms with Crippen molar-refractivity contribution in [2.75, 3.05) is 19.7 Å². The highest BCUT2D eigenvalue weighted by Crippen LogP contribution is 2.42. The van der Waals surface area contributed by atoms with Gasteiger partial charge >= 0.3 is 0 Å². The van der Waals surface area contributed by atoms with E-state index < -0.39 is 0 Å². The van der Waals surface area contributed by atoms with Crippen molar-refractivity contribution in [2.24, 2.45) is 23.2 Å². The molecule has 3 aliphatic rings. The smallest absolute Gasteiger partial charge is 0.158 e. The molecule has 1 aliphatic heterocycles. The van der Waals surface area contributed by atoms with Crippen LogP contribution in [-0.2, 0) is 4.79 Å². The van der Waals surface area contributed by atoms with E-state index in [1.54, 1.807) is 0 Å². The lowest BCUT2D eigenvalue weighted by Crippen LogP contribution is -2.44. The van der Waals surface area contributed by atoms with Crippen LogP contribution >= 0.6 is 0 Å². The third kappa shape index (κ3) is 6.79. The monoisotopic (exact) mass is 405 g/mol. The third-order valence-corrected chi connectivity index (χ3v) is 9.10. The molecule has 0 amide bonds. The minimum atomic E-state index is -0.270. The first kappa shape index (κ1) is 23.3. The predicted octanol–water partition coefficient (Wildman–Crippen LogP) is 5.99. The van der Waals surface area contributed by atoms with E-state index in [0.717, 1.165) is 24.3 Å². The Labute approximate surface area is 180 Å². The number of aliphatic hydroxyl groups is 1. The minimum Gasteiger partial charge on any atom is -0.389 e. The van der Waals surface area contributed by atoms with Crippen molar-refractivity contribution in [1.82, 2.24) is 4.90 Å². The summed E-state index contributed by atoms with van der Waals surface area (Å²) in [5.41, 5.74) is 0.605. The van der Waals surface area contributed by atoms with Crippen LogP contribution in [-0.4, -0.2) is 41.5 Å². The van der Waals surface area contributed by atoms with E-state index in [4.69, 9.17) is 5.11 Å². The molecule has 3 fully saturated rings. The van der Waals surface area contributed by atoms with Gasteiger partial charge in [-0.2, -0.15) is 0 Å². The average molecular weight is 406 g/mol. The molecule has 0 bridgehead atoms. The Morgan fingerprint density at radius 1 is 1.03 bits per heavy atom. The molecule has 2 saturated carbocycles. The van der Waals surface area contributed by atoms with Gasteiger partial charge < -0.3 is 10.0 Å². The molecule has 29 heavy (non-hydrogen) atoms. The maximum Gasteiger partial charge on any atom is 0.158 e. The lowest BCUT2D eigenvalue weighted by molar-refractivity contribution is -0.122. The Balaban J connectivity index is 1.46. The molecule has 1 unspecified atom stereocenters. The zero-order valence-corrected chi connectivity index (χ0v) is 19.3. The molecule has 0 radical (unpaired) electrons. The van der Waals surface area contributed by atoms with E-state index >= 15 is 0 Å². The Morgan fingerprint density at radius 2 is 1.69 bits per heavy atom. The molecule has 0 aromatic rings. The number of carbonyl (C=O) groups excluding carboxylic acids is 1. The number of ketones is 1. The normalized spacial score (nSPS) is 31.6. The van der Waals surface area contributed by atoms with Crippen LogP contribution in [0, 0.1) is 23.2 Å². The fourth-order valence-electron chi connectivity index (χ4n) is 6.58. The van der Waals surface area contributed by atoms with Crippen LogP contribution in [0.1, 0.15) is 110 Å². The summed E-state index contributed by atoms with van der Waals surface area (Å²) in [6, 6.07) is 0.840. The Kier molecular flexibility index (Phi) is 9.04. The summed E-state index contributed by atoms with van der Waals surface area (Å²) in [6.07, 6.45) is 19.5. The number of aliphatic hydroxyl groups excluding tert-OH is 1. The van der Waals surface area contributed by atoms with Crippen LogP contribution in [0.5, 0.6) is 0 Å². The topological polar surface area (TPSA) is 40.5 Å². The molecule has 1 N–H and O–H groups in total. The van der Waals surface area contributed by atoms with E-state index in [1.807, 2.05) is 0 Å². The van der Waals surface area contributed by atoms with Crippen molar-refractivity contribution in [3.63, 3.8) is 0 Å². The number of hydrogen-bond donors (Lipinski definition) is 1. The molecule has 1 atom stereocenters. The highest BCUT2D eigenvalue weighted by Gasteiger charge is 2.34. The van der Waals surface area contributed by atoms with Crippen molar-refractivity contribution >= 4 is 5.78 Å². The maximum atomic E-state index is 11.7. The molecule has 0 spiro atoms. The number of carbonyl (C=O) groups is 1. The first-order valence-corrected chi connectivity index (χ1v) is 12.9. The van der Waals surface area contributed by atoms with E-state index in [9.17, 15) is 4.79 Å². The Bertz CT molecular complexity index is 483. The van der Waals surface area contributed by atoms with Gasteiger partial charge in [0.05, 0.1) is 0 Å². The molecule has 168 valence electrons. The summed E-state index contributed by atoms with van der Waals surface area (Å²) in [4.78, 5) is 14.5. The number of nitrogens with zero attached hydrogens (tertiary/aromatic N) is 1. The Hall–Kier alpha value is -0.410. The molecule has 0 aromatic carbocycles. The Morgan fingerprint density at radius 3 is 2.28 bits per heavy atom. The van der Waals surface area contributed by atoms with Crippen LogP contribution < -0.4 is 0 Å². The number of hydrogen-bond acceptors (Lipinski definition) is 3. The van der Waals surface area contributed by atoms with Gasteiger partial charge in [-0.05, 0) is 87.6 Å². The van der Waals surface area contributed by atoms with Gasteiger partial charge in [-0.15, -0.1) is 0 Å². The lowest BCUT2D eigenvalue weighted by atomic mass is 9.71. The summed E-state index contributed by atoms with van der Waals surface area (Å²) < 4.78 is 0. The van der Waals surface area contributed by atoms with E-state index in [0.29, 0.717) is 17.8 Å². The van der Waals surface area contributed by atoms with Gasteiger partial charge in [0.25, 0.3) is 0 Å².